The average Bonchev–Trinajstić information content (AvgIpc) is 2.03. The van der Waals surface area contributed by atoms with Gasteiger partial charge in [-0.05, 0) is 24.2 Å². The molecule has 0 radical (unpaired) electrons. The van der Waals surface area contributed by atoms with Crippen molar-refractivity contribution in [2.45, 2.75) is 34.1 Å². The molecule has 0 heterocycles. The number of hydrogen-bond donors (Lipinski definition) is 0. The first-order valence-electron chi connectivity index (χ1n) is 5.04. The van der Waals surface area contributed by atoms with Crippen molar-refractivity contribution in [3.63, 3.8) is 0 Å². The molecular weight excluding hydrogens is 144 g/mol. The molecule has 12 heavy (non-hydrogen) atoms. The zero-order chi connectivity index (χ0) is 9.14. The van der Waals surface area contributed by atoms with Crippen molar-refractivity contribution < 1.29 is 0 Å². The molecule has 1 rings (SSSR count). The van der Waals surface area contributed by atoms with Crippen LogP contribution in [0.25, 0.3) is 0 Å². The van der Waals surface area contributed by atoms with Gasteiger partial charge in [0.25, 0.3) is 0 Å². The van der Waals surface area contributed by atoms with Crippen LogP contribution >= 0.6 is 0 Å². The molecule has 0 spiro atoms. The van der Waals surface area contributed by atoms with Crippen LogP contribution in [0.2, 0.25) is 0 Å². The maximum Gasteiger partial charge on any atom is -0.0117 e. The Morgan fingerprint density at radius 1 is 1.42 bits per heavy atom. The van der Waals surface area contributed by atoms with Gasteiger partial charge in [0.2, 0.25) is 0 Å². The first-order chi connectivity index (χ1) is 5.66. The molecule has 0 fully saturated rings. The Bertz CT molecular complexity index is 196. The molecule has 0 aromatic heterocycles. The standard InChI is InChI=1S/C12H20/c1-5-11-8-6-7-10(4)12(11)9(2)3/h6-10,12H,5H2,1-4H3. The molecule has 0 saturated heterocycles. The quantitative estimate of drug-likeness (QED) is 0.582. The molecule has 0 nitrogen and oxygen atoms in total. The highest BCUT2D eigenvalue weighted by Gasteiger charge is 2.23. The van der Waals surface area contributed by atoms with Gasteiger partial charge in [0.15, 0.2) is 0 Å². The monoisotopic (exact) mass is 164 g/mol. The van der Waals surface area contributed by atoms with Crippen molar-refractivity contribution in [1.29, 1.82) is 0 Å². The fraction of sp³-hybridized carbons (Fsp3) is 0.667. The van der Waals surface area contributed by atoms with E-state index in [0.717, 1.165) is 17.8 Å². The summed E-state index contributed by atoms with van der Waals surface area (Å²) in [7, 11) is 0. The van der Waals surface area contributed by atoms with Crippen molar-refractivity contribution in [1.82, 2.24) is 0 Å². The van der Waals surface area contributed by atoms with Crippen molar-refractivity contribution >= 4 is 0 Å². The van der Waals surface area contributed by atoms with Gasteiger partial charge in [0.1, 0.15) is 0 Å². The molecular formula is C12H20. The highest BCUT2D eigenvalue weighted by molar-refractivity contribution is 5.23. The number of allylic oxidation sites excluding steroid dienone is 4. The third-order valence-electron chi connectivity index (χ3n) is 2.85. The molecule has 0 aliphatic heterocycles. The second kappa shape index (κ2) is 3.93. The molecule has 0 N–H and O–H groups in total. The highest BCUT2D eigenvalue weighted by atomic mass is 14.3. The first kappa shape index (κ1) is 9.57. The second-order valence-electron chi connectivity index (χ2n) is 4.11. The molecule has 0 aromatic carbocycles. The van der Waals surface area contributed by atoms with Gasteiger partial charge < -0.3 is 0 Å². The molecule has 2 unspecified atom stereocenters. The average molecular weight is 164 g/mol. The summed E-state index contributed by atoms with van der Waals surface area (Å²) in [5.74, 6) is 2.28. The van der Waals surface area contributed by atoms with Crippen LogP contribution in [0.3, 0.4) is 0 Å². The van der Waals surface area contributed by atoms with Gasteiger partial charge >= 0.3 is 0 Å². The number of rotatable bonds is 2. The van der Waals surface area contributed by atoms with Gasteiger partial charge in [-0.3, -0.25) is 0 Å². The van der Waals surface area contributed by atoms with E-state index < -0.39 is 0 Å². The Morgan fingerprint density at radius 2 is 2.08 bits per heavy atom. The van der Waals surface area contributed by atoms with Crippen LogP contribution in [-0.2, 0) is 0 Å². The smallest absolute Gasteiger partial charge is 0.0117 e. The third kappa shape index (κ3) is 1.80. The summed E-state index contributed by atoms with van der Waals surface area (Å²) in [6, 6.07) is 0. The largest absolute Gasteiger partial charge is 0.0811 e. The Balaban J connectivity index is 2.81. The van der Waals surface area contributed by atoms with E-state index in [1.807, 2.05) is 0 Å². The Kier molecular flexibility index (Phi) is 3.13. The lowest BCUT2D eigenvalue weighted by molar-refractivity contribution is 0.354. The maximum atomic E-state index is 2.32. The van der Waals surface area contributed by atoms with Crippen molar-refractivity contribution in [3.05, 3.63) is 23.8 Å². The molecule has 0 bridgehead atoms. The molecule has 0 amide bonds. The van der Waals surface area contributed by atoms with Crippen LogP contribution in [0.4, 0.5) is 0 Å². The summed E-state index contributed by atoms with van der Waals surface area (Å²) < 4.78 is 0. The van der Waals surface area contributed by atoms with Crippen LogP contribution in [0, 0.1) is 17.8 Å². The van der Waals surface area contributed by atoms with E-state index in [2.05, 4.69) is 45.9 Å². The van der Waals surface area contributed by atoms with Crippen LogP contribution in [0.5, 0.6) is 0 Å². The molecule has 2 atom stereocenters. The molecule has 0 aromatic rings. The summed E-state index contributed by atoms with van der Waals surface area (Å²) in [6.07, 6.45) is 8.04. The summed E-state index contributed by atoms with van der Waals surface area (Å²) >= 11 is 0. The predicted octanol–water partition coefficient (Wildman–Crippen LogP) is 3.80. The normalized spacial score (nSPS) is 29.2. The zero-order valence-electron chi connectivity index (χ0n) is 8.67. The Morgan fingerprint density at radius 3 is 2.50 bits per heavy atom. The van der Waals surface area contributed by atoms with Gasteiger partial charge in [-0.2, -0.15) is 0 Å². The second-order valence-corrected chi connectivity index (χ2v) is 4.11. The summed E-state index contributed by atoms with van der Waals surface area (Å²) in [6.45, 7) is 9.23. The van der Waals surface area contributed by atoms with Gasteiger partial charge in [-0.1, -0.05) is 51.5 Å². The predicted molar refractivity (Wildman–Crippen MR) is 55.0 cm³/mol. The van der Waals surface area contributed by atoms with E-state index in [1.165, 1.54) is 6.42 Å². The van der Waals surface area contributed by atoms with E-state index in [9.17, 15) is 0 Å². The summed E-state index contributed by atoms with van der Waals surface area (Å²) in [4.78, 5) is 0. The molecule has 0 saturated carbocycles. The lowest BCUT2D eigenvalue weighted by Gasteiger charge is -2.30. The van der Waals surface area contributed by atoms with Crippen LogP contribution in [-0.4, -0.2) is 0 Å². The topological polar surface area (TPSA) is 0 Å². The molecule has 0 heteroatoms. The minimum absolute atomic E-state index is 0.727. The first-order valence-corrected chi connectivity index (χ1v) is 5.04. The maximum absolute atomic E-state index is 2.32. The minimum atomic E-state index is 0.727. The zero-order valence-corrected chi connectivity index (χ0v) is 8.67. The van der Waals surface area contributed by atoms with Gasteiger partial charge in [0, 0.05) is 0 Å². The lowest BCUT2D eigenvalue weighted by Crippen LogP contribution is -2.20. The Labute approximate surface area is 76.4 Å². The third-order valence-corrected chi connectivity index (χ3v) is 2.85. The van der Waals surface area contributed by atoms with Gasteiger partial charge in [-0.15, -0.1) is 0 Å². The van der Waals surface area contributed by atoms with Crippen molar-refractivity contribution in [2.24, 2.45) is 17.8 Å². The fourth-order valence-corrected chi connectivity index (χ4v) is 2.31. The minimum Gasteiger partial charge on any atom is -0.0811 e. The van der Waals surface area contributed by atoms with Gasteiger partial charge in [-0.25, -0.2) is 0 Å². The fourth-order valence-electron chi connectivity index (χ4n) is 2.31. The van der Waals surface area contributed by atoms with Crippen LogP contribution in [0.15, 0.2) is 23.8 Å². The van der Waals surface area contributed by atoms with E-state index in [4.69, 9.17) is 0 Å². The van der Waals surface area contributed by atoms with Crippen molar-refractivity contribution in [2.75, 3.05) is 0 Å². The summed E-state index contributed by atoms with van der Waals surface area (Å²) in [5, 5.41) is 0. The molecule has 68 valence electrons. The summed E-state index contributed by atoms with van der Waals surface area (Å²) in [5.41, 5.74) is 1.63. The van der Waals surface area contributed by atoms with E-state index >= 15 is 0 Å². The SMILES string of the molecule is CCC1=CC=CC(C)C1C(C)C. The van der Waals surface area contributed by atoms with Crippen molar-refractivity contribution in [3.8, 4) is 0 Å². The van der Waals surface area contributed by atoms with E-state index in [1.54, 1.807) is 5.57 Å². The van der Waals surface area contributed by atoms with E-state index in [-0.39, 0.29) is 0 Å². The Hall–Kier alpha value is -0.520. The number of hydrogen-bond acceptors (Lipinski definition) is 0. The molecule has 1 aliphatic carbocycles. The molecule has 1 aliphatic rings. The van der Waals surface area contributed by atoms with E-state index in [0.29, 0.717) is 0 Å². The van der Waals surface area contributed by atoms with Gasteiger partial charge in [0.05, 0.1) is 0 Å². The lowest BCUT2D eigenvalue weighted by atomic mass is 9.75. The van der Waals surface area contributed by atoms with Crippen LogP contribution < -0.4 is 0 Å². The highest BCUT2D eigenvalue weighted by Crippen LogP contribution is 2.33. The van der Waals surface area contributed by atoms with Crippen LogP contribution in [0.1, 0.15) is 34.1 Å².